The monoisotopic (exact) mass is 237 g/mol. The average Bonchev–Trinajstić information content (AvgIpc) is 2.72. The van der Waals surface area contributed by atoms with Crippen LogP contribution < -0.4 is 0 Å². The summed E-state index contributed by atoms with van der Waals surface area (Å²) in [7, 11) is 0. The van der Waals surface area contributed by atoms with Crippen molar-refractivity contribution >= 4 is 5.78 Å². The number of carbonyl (C=O) groups is 1. The van der Waals surface area contributed by atoms with E-state index in [9.17, 15) is 4.79 Å². The Labute approximate surface area is 106 Å². The highest BCUT2D eigenvalue weighted by Crippen LogP contribution is 2.36. The summed E-state index contributed by atoms with van der Waals surface area (Å²) < 4.78 is 0. The van der Waals surface area contributed by atoms with Crippen LogP contribution in [0.2, 0.25) is 0 Å². The lowest BCUT2D eigenvalue weighted by molar-refractivity contribution is -0.135. The van der Waals surface area contributed by atoms with E-state index in [0.29, 0.717) is 11.7 Å². The van der Waals surface area contributed by atoms with Crippen molar-refractivity contribution < 1.29 is 4.79 Å². The molecule has 2 nitrogen and oxygen atoms in total. The predicted octanol–water partition coefficient (Wildman–Crippen LogP) is 3.26. The van der Waals surface area contributed by atoms with Crippen molar-refractivity contribution in [2.75, 3.05) is 13.1 Å². The number of nitrogens with zero attached hydrogens (tertiary/aromatic N) is 1. The third-order valence-corrected chi connectivity index (χ3v) is 4.82. The van der Waals surface area contributed by atoms with Gasteiger partial charge in [-0.05, 0) is 38.6 Å². The first-order chi connectivity index (χ1) is 8.04. The highest BCUT2D eigenvalue weighted by atomic mass is 16.1. The summed E-state index contributed by atoms with van der Waals surface area (Å²) in [5, 5.41) is 0. The number of Topliss-reactive ketones (excluding diaryl/α,β-unsaturated/α-hetero) is 1. The van der Waals surface area contributed by atoms with Gasteiger partial charge in [-0.25, -0.2) is 0 Å². The van der Waals surface area contributed by atoms with Crippen molar-refractivity contribution in [3.63, 3.8) is 0 Å². The molecule has 0 bridgehead atoms. The Morgan fingerprint density at radius 2 is 2.06 bits per heavy atom. The topological polar surface area (TPSA) is 20.3 Å². The molecule has 1 heterocycles. The number of carbonyl (C=O) groups excluding carboxylic acids is 1. The molecule has 0 aromatic rings. The molecule has 0 amide bonds. The lowest BCUT2D eigenvalue weighted by atomic mass is 9.71. The Kier molecular flexibility index (Phi) is 3.92. The fraction of sp³-hybridized carbons (Fsp3) is 0.933. The SMILES string of the molecule is CCC1CCCN1CC1CCCC(C)(C)C1=O. The minimum Gasteiger partial charge on any atom is -0.300 e. The molecule has 1 aliphatic carbocycles. The lowest BCUT2D eigenvalue weighted by Crippen LogP contribution is -2.43. The summed E-state index contributed by atoms with van der Waals surface area (Å²) in [6.07, 6.45) is 7.33. The van der Waals surface area contributed by atoms with Crippen LogP contribution in [0.3, 0.4) is 0 Å². The molecule has 0 radical (unpaired) electrons. The standard InChI is InChI=1S/C15H27NO/c1-4-13-8-6-10-16(13)11-12-7-5-9-15(2,3)14(12)17/h12-13H,4-11H2,1-3H3. The second-order valence-corrected chi connectivity index (χ2v) is 6.54. The van der Waals surface area contributed by atoms with Gasteiger partial charge in [-0.3, -0.25) is 9.69 Å². The summed E-state index contributed by atoms with van der Waals surface area (Å²) in [5.41, 5.74) is -0.0651. The predicted molar refractivity (Wildman–Crippen MR) is 71.0 cm³/mol. The molecule has 0 spiro atoms. The molecule has 2 rings (SSSR count). The largest absolute Gasteiger partial charge is 0.300 e. The van der Waals surface area contributed by atoms with Crippen LogP contribution in [0, 0.1) is 11.3 Å². The lowest BCUT2D eigenvalue weighted by Gasteiger charge is -2.36. The van der Waals surface area contributed by atoms with Crippen LogP contribution in [0.4, 0.5) is 0 Å². The van der Waals surface area contributed by atoms with E-state index in [4.69, 9.17) is 0 Å². The maximum Gasteiger partial charge on any atom is 0.142 e. The van der Waals surface area contributed by atoms with Crippen LogP contribution in [0.1, 0.15) is 59.3 Å². The van der Waals surface area contributed by atoms with Crippen LogP contribution in [0.15, 0.2) is 0 Å². The highest BCUT2D eigenvalue weighted by molar-refractivity contribution is 5.87. The molecule has 17 heavy (non-hydrogen) atoms. The second-order valence-electron chi connectivity index (χ2n) is 6.54. The zero-order valence-corrected chi connectivity index (χ0v) is 11.7. The molecule has 2 fully saturated rings. The van der Waals surface area contributed by atoms with E-state index in [-0.39, 0.29) is 5.41 Å². The van der Waals surface area contributed by atoms with Crippen molar-refractivity contribution in [1.29, 1.82) is 0 Å². The van der Waals surface area contributed by atoms with E-state index in [0.717, 1.165) is 25.4 Å². The third kappa shape index (κ3) is 2.73. The van der Waals surface area contributed by atoms with Gasteiger partial charge in [0.1, 0.15) is 5.78 Å². The van der Waals surface area contributed by atoms with E-state index in [1.54, 1.807) is 0 Å². The van der Waals surface area contributed by atoms with Crippen LogP contribution in [-0.2, 0) is 4.79 Å². The summed E-state index contributed by atoms with van der Waals surface area (Å²) in [6.45, 7) is 8.77. The normalized spacial score (nSPS) is 34.2. The molecule has 2 unspecified atom stereocenters. The molecule has 1 saturated carbocycles. The maximum absolute atomic E-state index is 12.4. The first-order valence-electron chi connectivity index (χ1n) is 7.33. The van der Waals surface area contributed by atoms with Gasteiger partial charge in [-0.15, -0.1) is 0 Å². The Hall–Kier alpha value is -0.370. The smallest absolute Gasteiger partial charge is 0.142 e. The minimum atomic E-state index is -0.0651. The van der Waals surface area contributed by atoms with Crippen LogP contribution in [0.25, 0.3) is 0 Å². The van der Waals surface area contributed by atoms with Gasteiger partial charge >= 0.3 is 0 Å². The van der Waals surface area contributed by atoms with E-state index < -0.39 is 0 Å². The zero-order chi connectivity index (χ0) is 12.5. The molecular weight excluding hydrogens is 210 g/mol. The Morgan fingerprint density at radius 3 is 2.76 bits per heavy atom. The van der Waals surface area contributed by atoms with Crippen LogP contribution >= 0.6 is 0 Å². The van der Waals surface area contributed by atoms with Gasteiger partial charge in [0.25, 0.3) is 0 Å². The molecular formula is C15H27NO. The van der Waals surface area contributed by atoms with Gasteiger partial charge in [0.2, 0.25) is 0 Å². The summed E-state index contributed by atoms with van der Waals surface area (Å²) in [6, 6.07) is 0.743. The number of ketones is 1. The van der Waals surface area contributed by atoms with Crippen molar-refractivity contribution in [3.05, 3.63) is 0 Å². The van der Waals surface area contributed by atoms with Crippen molar-refractivity contribution in [3.8, 4) is 0 Å². The van der Waals surface area contributed by atoms with Gasteiger partial charge in [0.05, 0.1) is 0 Å². The van der Waals surface area contributed by atoms with Gasteiger partial charge in [0, 0.05) is 23.9 Å². The van der Waals surface area contributed by atoms with Crippen LogP contribution in [0.5, 0.6) is 0 Å². The molecule has 0 N–H and O–H groups in total. The van der Waals surface area contributed by atoms with Crippen molar-refractivity contribution in [2.45, 2.75) is 65.3 Å². The second kappa shape index (κ2) is 5.09. The Balaban J connectivity index is 1.96. The van der Waals surface area contributed by atoms with Gasteiger partial charge < -0.3 is 0 Å². The Morgan fingerprint density at radius 1 is 1.29 bits per heavy atom. The van der Waals surface area contributed by atoms with E-state index in [1.165, 1.54) is 32.2 Å². The number of likely N-dealkylation sites (tertiary alicyclic amines) is 1. The van der Waals surface area contributed by atoms with E-state index in [2.05, 4.69) is 25.7 Å². The fourth-order valence-corrected chi connectivity index (χ4v) is 3.65. The van der Waals surface area contributed by atoms with E-state index in [1.807, 2.05) is 0 Å². The summed E-state index contributed by atoms with van der Waals surface area (Å²) in [5.74, 6) is 0.830. The summed E-state index contributed by atoms with van der Waals surface area (Å²) >= 11 is 0. The molecule has 1 saturated heterocycles. The fourth-order valence-electron chi connectivity index (χ4n) is 3.65. The van der Waals surface area contributed by atoms with Crippen LogP contribution in [-0.4, -0.2) is 29.8 Å². The molecule has 0 aromatic heterocycles. The third-order valence-electron chi connectivity index (χ3n) is 4.82. The first-order valence-corrected chi connectivity index (χ1v) is 7.33. The quantitative estimate of drug-likeness (QED) is 0.751. The average molecular weight is 237 g/mol. The molecule has 98 valence electrons. The zero-order valence-electron chi connectivity index (χ0n) is 11.7. The molecule has 2 atom stereocenters. The minimum absolute atomic E-state index is 0.0651. The highest BCUT2D eigenvalue weighted by Gasteiger charge is 2.38. The number of hydrogen-bond donors (Lipinski definition) is 0. The maximum atomic E-state index is 12.4. The first kappa shape index (κ1) is 13.1. The van der Waals surface area contributed by atoms with Gasteiger partial charge in [0.15, 0.2) is 0 Å². The molecule has 0 aromatic carbocycles. The molecule has 1 aliphatic heterocycles. The van der Waals surface area contributed by atoms with E-state index >= 15 is 0 Å². The number of rotatable bonds is 3. The van der Waals surface area contributed by atoms with Gasteiger partial charge in [-0.2, -0.15) is 0 Å². The van der Waals surface area contributed by atoms with Crippen molar-refractivity contribution in [1.82, 2.24) is 4.90 Å². The summed E-state index contributed by atoms with van der Waals surface area (Å²) in [4.78, 5) is 15.0. The van der Waals surface area contributed by atoms with Crippen molar-refractivity contribution in [2.24, 2.45) is 11.3 Å². The molecule has 2 aliphatic rings. The number of hydrogen-bond acceptors (Lipinski definition) is 2. The molecule has 2 heteroatoms. The van der Waals surface area contributed by atoms with Gasteiger partial charge in [-0.1, -0.05) is 27.2 Å². The Bertz CT molecular complexity index is 285.